The van der Waals surface area contributed by atoms with E-state index in [9.17, 15) is 23.2 Å². The van der Waals surface area contributed by atoms with Crippen LogP contribution >= 0.6 is 11.8 Å². The van der Waals surface area contributed by atoms with Crippen molar-refractivity contribution in [2.45, 2.75) is 18.3 Å². The van der Waals surface area contributed by atoms with Gasteiger partial charge in [0.1, 0.15) is 41.3 Å². The molecule has 12 heteroatoms. The van der Waals surface area contributed by atoms with Gasteiger partial charge in [-0.15, -0.1) is 0 Å². The molecular weight excluding hydrogens is 590 g/mol. The summed E-state index contributed by atoms with van der Waals surface area (Å²) in [5.74, 6) is -0.713. The third-order valence-corrected chi connectivity index (χ3v) is 7.67. The van der Waals surface area contributed by atoms with Gasteiger partial charge in [-0.25, -0.2) is 13.8 Å². The van der Waals surface area contributed by atoms with Crippen molar-refractivity contribution in [3.8, 4) is 17.2 Å². The summed E-state index contributed by atoms with van der Waals surface area (Å²) in [4.78, 5) is 40.4. The van der Waals surface area contributed by atoms with Crippen LogP contribution < -0.4 is 20.1 Å². The molecule has 1 saturated heterocycles. The summed E-state index contributed by atoms with van der Waals surface area (Å²) in [6.07, 6.45) is 0.0874. The second-order valence-electron chi connectivity index (χ2n) is 9.82. The van der Waals surface area contributed by atoms with E-state index in [0.717, 1.165) is 28.7 Å². The molecule has 4 aromatic carbocycles. The number of anilines is 1. The number of carbonyl (C=O) groups excluding carboxylic acids is 3. The topological polar surface area (TPSA) is 112 Å². The van der Waals surface area contributed by atoms with Crippen LogP contribution in [0.4, 0.5) is 19.3 Å². The van der Waals surface area contributed by atoms with E-state index in [2.05, 4.69) is 15.6 Å². The van der Waals surface area contributed by atoms with Gasteiger partial charge in [-0.05, 0) is 72.6 Å². The highest BCUT2D eigenvalue weighted by molar-refractivity contribution is 8.15. The van der Waals surface area contributed by atoms with Crippen LogP contribution in [0.5, 0.6) is 17.2 Å². The highest BCUT2D eigenvalue weighted by Crippen LogP contribution is 2.28. The smallest absolute Gasteiger partial charge is 0.286 e. The predicted molar refractivity (Wildman–Crippen MR) is 161 cm³/mol. The number of benzene rings is 4. The van der Waals surface area contributed by atoms with E-state index in [1.807, 2.05) is 23.7 Å². The summed E-state index contributed by atoms with van der Waals surface area (Å²) in [6, 6.07) is 21.7. The van der Waals surface area contributed by atoms with Crippen molar-refractivity contribution in [3.63, 3.8) is 0 Å². The molecule has 222 valence electrons. The zero-order valence-electron chi connectivity index (χ0n) is 24.1. The van der Waals surface area contributed by atoms with E-state index < -0.39 is 33.9 Å². The molecule has 2 N–H and O–H groups in total. The number of imide groups is 1. The number of fused-ring (bicyclic) bond motifs is 1. The van der Waals surface area contributed by atoms with E-state index in [1.165, 1.54) is 0 Å². The Kier molecular flexibility index (Phi) is 7.63. The molecule has 1 unspecified atom stereocenters. The summed E-state index contributed by atoms with van der Waals surface area (Å²) in [7, 11) is 1.86. The second kappa shape index (κ2) is 12.2. The number of nitrogens with zero attached hydrogens (tertiary/aromatic N) is 2. The molecule has 1 aromatic heterocycles. The number of thioether (sulfide) groups is 1. The number of ether oxygens (including phenoxy) is 2. The minimum absolute atomic E-state index is 0.0874. The van der Waals surface area contributed by atoms with E-state index in [4.69, 9.17) is 10.8 Å². The van der Waals surface area contributed by atoms with Gasteiger partial charge in [0.2, 0.25) is 5.91 Å². The van der Waals surface area contributed by atoms with Gasteiger partial charge >= 0.3 is 0 Å². The monoisotopic (exact) mass is 615 g/mol. The number of aryl methyl sites for hydroxylation is 1. The van der Waals surface area contributed by atoms with E-state index in [-0.39, 0.29) is 18.6 Å². The number of halogens is 2. The maximum atomic E-state index is 13.9. The number of imidazole rings is 1. The molecule has 0 bridgehead atoms. The fourth-order valence-electron chi connectivity index (χ4n) is 4.53. The summed E-state index contributed by atoms with van der Waals surface area (Å²) < 4.78 is 49.1. The van der Waals surface area contributed by atoms with Crippen molar-refractivity contribution in [1.29, 1.82) is 0 Å². The molecule has 6 rings (SSSR count). The number of nitrogens with one attached hydrogen (secondary N) is 2. The summed E-state index contributed by atoms with van der Waals surface area (Å²) in [5.41, 5.74) is 2.43. The van der Waals surface area contributed by atoms with Gasteiger partial charge in [0, 0.05) is 24.9 Å². The average Bonchev–Trinajstić information content (AvgIpc) is 3.45. The first-order chi connectivity index (χ1) is 21.6. The Bertz CT molecular complexity index is 1950. The van der Waals surface area contributed by atoms with Crippen LogP contribution in [0.1, 0.15) is 23.1 Å². The average molecular weight is 616 g/mol. The number of carbonyl (C=O) groups is 3. The van der Waals surface area contributed by atoms with E-state index in [0.29, 0.717) is 46.6 Å². The lowest BCUT2D eigenvalue weighted by Crippen LogP contribution is -2.25. The van der Waals surface area contributed by atoms with Crippen molar-refractivity contribution in [1.82, 2.24) is 14.9 Å². The zero-order chi connectivity index (χ0) is 31.7. The van der Waals surface area contributed by atoms with Gasteiger partial charge in [-0.3, -0.25) is 19.7 Å². The first-order valence-electron chi connectivity index (χ1n) is 13.8. The van der Waals surface area contributed by atoms with Crippen LogP contribution in [-0.4, -0.2) is 31.8 Å². The van der Waals surface area contributed by atoms with Gasteiger partial charge in [0.05, 0.1) is 23.2 Å². The fourth-order valence-corrected chi connectivity index (χ4v) is 5.28. The highest BCUT2D eigenvalue weighted by Gasteiger charge is 2.31. The maximum Gasteiger partial charge on any atom is 0.286 e. The number of hydrogen-bond donors (Lipinski definition) is 2. The molecule has 3 amide bonds. The van der Waals surface area contributed by atoms with Crippen LogP contribution in [0.25, 0.3) is 11.0 Å². The van der Waals surface area contributed by atoms with Crippen LogP contribution in [-0.2, 0) is 24.9 Å². The molecule has 0 radical (unpaired) electrons. The van der Waals surface area contributed by atoms with Crippen molar-refractivity contribution < 1.29 is 34.0 Å². The molecule has 0 spiro atoms. The molecule has 0 aliphatic carbocycles. The normalized spacial score (nSPS) is 16.5. The minimum atomic E-state index is -1.58. The molecule has 44 heavy (non-hydrogen) atoms. The molecule has 1 fully saturated rings. The molecule has 1 aliphatic rings. The van der Waals surface area contributed by atoms with Crippen LogP contribution in [0, 0.1) is 11.6 Å². The first-order valence-corrected chi connectivity index (χ1v) is 14.1. The van der Waals surface area contributed by atoms with E-state index >= 15 is 0 Å². The second-order valence-corrected chi connectivity index (χ2v) is 10.9. The maximum absolute atomic E-state index is 13.9. The van der Waals surface area contributed by atoms with E-state index in [1.54, 1.807) is 54.6 Å². The Morgan fingerprint density at radius 2 is 1.73 bits per heavy atom. The Hall–Kier alpha value is -5.23. The summed E-state index contributed by atoms with van der Waals surface area (Å²) >= 11 is 0.672. The first kappa shape index (κ1) is 27.6. The van der Waals surface area contributed by atoms with Gasteiger partial charge < -0.3 is 19.4 Å². The number of amides is 3. The van der Waals surface area contributed by atoms with Crippen LogP contribution in [0.3, 0.4) is 0 Å². The quantitative estimate of drug-likeness (QED) is 0.198. The summed E-state index contributed by atoms with van der Waals surface area (Å²) in [6.45, 7) is 0.185. The van der Waals surface area contributed by atoms with Gasteiger partial charge in [0.15, 0.2) is 0 Å². The number of aromatic nitrogens is 2. The third kappa shape index (κ3) is 6.40. The lowest BCUT2D eigenvalue weighted by Gasteiger charge is -2.10. The number of rotatable bonds is 9. The van der Waals surface area contributed by atoms with Crippen molar-refractivity contribution in [2.75, 3.05) is 5.32 Å². The molecule has 2 heterocycles. The SMILES string of the molecule is [2H]C1(Cc2ccc(OCc3nc4ccc(Oc5ccc(NC(=O)c6ccc(F)cc6F)cc5)cc4n3C)cc2)SC(=O)NC1=O. The zero-order valence-corrected chi connectivity index (χ0v) is 23.9. The summed E-state index contributed by atoms with van der Waals surface area (Å²) in [5, 5.41) is 2.63. The lowest BCUT2D eigenvalue weighted by molar-refractivity contribution is -0.118. The standard InChI is InChI=1S/C32H24F2N4O5S/c1-38-27-16-23(43-22-9-5-20(6-10-22)35-30(39)24-12-4-19(33)15-25(24)34)11-13-26(27)36-29(38)17-42-21-7-2-18(3-8-21)14-28-31(40)37-32(41)44-28/h2-13,15-16,28H,14,17H2,1H3,(H,35,39)(H,37,40,41)/i28D. The fraction of sp³-hybridized carbons (Fsp3) is 0.125. The Morgan fingerprint density at radius 3 is 2.43 bits per heavy atom. The molecule has 5 aromatic rings. The minimum Gasteiger partial charge on any atom is -0.486 e. The lowest BCUT2D eigenvalue weighted by atomic mass is 10.1. The highest BCUT2D eigenvalue weighted by atomic mass is 32.2. The largest absolute Gasteiger partial charge is 0.486 e. The third-order valence-electron chi connectivity index (χ3n) is 6.81. The molecular formula is C32H24F2N4O5S. The van der Waals surface area contributed by atoms with Crippen LogP contribution in [0.2, 0.25) is 0 Å². The van der Waals surface area contributed by atoms with Crippen molar-refractivity contribution >= 4 is 45.5 Å². The predicted octanol–water partition coefficient (Wildman–Crippen LogP) is 6.37. The molecule has 1 aliphatic heterocycles. The molecule has 0 saturated carbocycles. The Balaban J connectivity index is 1.07. The Labute approximate surface area is 255 Å². The van der Waals surface area contributed by atoms with Crippen LogP contribution in [0.15, 0.2) is 84.9 Å². The molecule has 1 atom stereocenters. The number of hydrogen-bond acceptors (Lipinski definition) is 7. The van der Waals surface area contributed by atoms with Crippen molar-refractivity contribution in [3.05, 3.63) is 114 Å². The van der Waals surface area contributed by atoms with Gasteiger partial charge in [-0.2, -0.15) is 0 Å². The molecule has 9 nitrogen and oxygen atoms in total. The van der Waals surface area contributed by atoms with Crippen molar-refractivity contribution in [2.24, 2.45) is 7.05 Å². The van der Waals surface area contributed by atoms with Gasteiger partial charge in [-0.1, -0.05) is 23.9 Å². The van der Waals surface area contributed by atoms with Gasteiger partial charge in [0.25, 0.3) is 11.1 Å². The Morgan fingerprint density at radius 1 is 1.00 bits per heavy atom.